The minimum absolute atomic E-state index is 0.101. The number of carbonyl (C=O) groups excluding carboxylic acids is 3. The summed E-state index contributed by atoms with van der Waals surface area (Å²) in [5.41, 5.74) is 2.01. The van der Waals surface area contributed by atoms with Gasteiger partial charge in [0.25, 0.3) is 5.91 Å². The monoisotopic (exact) mass is 532 g/mol. The molecule has 1 unspecified atom stereocenters. The third-order valence-electron chi connectivity index (χ3n) is 7.20. The summed E-state index contributed by atoms with van der Waals surface area (Å²) in [4.78, 5) is 49.5. The van der Waals surface area contributed by atoms with Gasteiger partial charge in [-0.25, -0.2) is 0 Å². The molecule has 206 valence electrons. The number of aromatic nitrogens is 1. The van der Waals surface area contributed by atoms with Crippen molar-refractivity contribution >= 4 is 23.4 Å². The highest BCUT2D eigenvalue weighted by molar-refractivity contribution is 6.04. The Bertz CT molecular complexity index is 1200. The van der Waals surface area contributed by atoms with Gasteiger partial charge in [-0.2, -0.15) is 5.26 Å². The first-order chi connectivity index (χ1) is 18.7. The van der Waals surface area contributed by atoms with Gasteiger partial charge in [-0.1, -0.05) is 39.0 Å². The molecular weight excluding hydrogens is 496 g/mol. The van der Waals surface area contributed by atoms with E-state index >= 15 is 0 Å². The lowest BCUT2D eigenvalue weighted by molar-refractivity contribution is -0.136. The Kier molecular flexibility index (Phi) is 8.82. The summed E-state index contributed by atoms with van der Waals surface area (Å²) in [6.45, 7) is 8.45. The Balaban J connectivity index is 1.70. The van der Waals surface area contributed by atoms with Crippen molar-refractivity contribution in [2.75, 3.05) is 44.3 Å². The summed E-state index contributed by atoms with van der Waals surface area (Å²) >= 11 is 0. The highest BCUT2D eigenvalue weighted by atomic mass is 16.5. The lowest BCUT2D eigenvalue weighted by Crippen LogP contribution is -2.52. The van der Waals surface area contributed by atoms with Crippen LogP contribution < -0.4 is 10.2 Å². The summed E-state index contributed by atoms with van der Waals surface area (Å²) in [5, 5.41) is 12.4. The van der Waals surface area contributed by atoms with Gasteiger partial charge in [-0.05, 0) is 42.0 Å². The SMILES string of the molecule is CC(C)(C)c1ccc(N(C(=O)[C@H]2CCCN2C#N)C(C(=O)NCC(=O)N2CCOCC2)c2cccnc2)cc1. The normalized spacial score (nSPS) is 18.3. The van der Waals surface area contributed by atoms with E-state index in [0.717, 1.165) is 5.56 Å². The molecule has 2 aliphatic rings. The Morgan fingerprint density at radius 2 is 1.87 bits per heavy atom. The van der Waals surface area contributed by atoms with Gasteiger partial charge >= 0.3 is 0 Å². The standard InChI is InChI=1S/C29H36N6O4/c1-29(2,3)22-8-10-23(11-9-22)35(28(38)24-7-5-13-34(24)20-30)26(21-6-4-12-31-18-21)27(37)32-19-25(36)33-14-16-39-17-15-33/h4,6,8-12,18,24,26H,5,7,13-17,19H2,1-3H3,(H,32,37)/t24-,26?/m1/s1. The number of hydrogen-bond acceptors (Lipinski definition) is 7. The number of nitrogens with one attached hydrogen (secondary N) is 1. The van der Waals surface area contributed by atoms with Gasteiger partial charge in [-0.3, -0.25) is 29.2 Å². The third kappa shape index (κ3) is 6.55. The predicted molar refractivity (Wildman–Crippen MR) is 145 cm³/mol. The van der Waals surface area contributed by atoms with Gasteiger partial charge in [0, 0.05) is 43.3 Å². The van der Waals surface area contributed by atoms with Crippen LogP contribution in [-0.2, 0) is 24.5 Å². The summed E-state index contributed by atoms with van der Waals surface area (Å²) in [6, 6.07) is 9.24. The van der Waals surface area contributed by atoms with E-state index in [4.69, 9.17) is 4.74 Å². The summed E-state index contributed by atoms with van der Waals surface area (Å²) in [6.07, 6.45) is 6.49. The first-order valence-electron chi connectivity index (χ1n) is 13.3. The van der Waals surface area contributed by atoms with E-state index in [2.05, 4.69) is 37.3 Å². The van der Waals surface area contributed by atoms with Crippen molar-refractivity contribution in [2.24, 2.45) is 0 Å². The van der Waals surface area contributed by atoms with Crippen molar-refractivity contribution in [2.45, 2.75) is 51.1 Å². The molecule has 0 bridgehead atoms. The number of hydrogen-bond donors (Lipinski definition) is 1. The van der Waals surface area contributed by atoms with Gasteiger partial charge in [0.15, 0.2) is 6.19 Å². The highest BCUT2D eigenvalue weighted by Crippen LogP contribution is 2.33. The van der Waals surface area contributed by atoms with Crippen LogP contribution in [0.2, 0.25) is 0 Å². The van der Waals surface area contributed by atoms with Crippen LogP contribution in [0.25, 0.3) is 0 Å². The summed E-state index contributed by atoms with van der Waals surface area (Å²) in [7, 11) is 0. The van der Waals surface area contributed by atoms with Crippen LogP contribution in [0.15, 0.2) is 48.8 Å². The fourth-order valence-corrected chi connectivity index (χ4v) is 4.97. The van der Waals surface area contributed by atoms with Gasteiger partial charge in [0.1, 0.15) is 12.1 Å². The zero-order chi connectivity index (χ0) is 28.0. The van der Waals surface area contributed by atoms with E-state index < -0.39 is 18.0 Å². The molecule has 0 radical (unpaired) electrons. The van der Waals surface area contributed by atoms with Gasteiger partial charge in [-0.15, -0.1) is 0 Å². The number of nitriles is 1. The molecule has 4 rings (SSSR count). The maximum Gasteiger partial charge on any atom is 0.251 e. The lowest BCUT2D eigenvalue weighted by atomic mass is 9.87. The number of anilines is 1. The molecule has 0 aliphatic carbocycles. The minimum atomic E-state index is -1.09. The van der Waals surface area contributed by atoms with Gasteiger partial charge in [0.05, 0.1) is 19.8 Å². The topological polar surface area (TPSA) is 119 Å². The second-order valence-corrected chi connectivity index (χ2v) is 10.9. The van der Waals surface area contributed by atoms with E-state index in [1.165, 1.54) is 9.80 Å². The lowest BCUT2D eigenvalue weighted by Gasteiger charge is -2.35. The zero-order valence-electron chi connectivity index (χ0n) is 22.8. The molecule has 3 amide bonds. The first-order valence-corrected chi connectivity index (χ1v) is 13.3. The molecule has 2 aromatic rings. The maximum atomic E-state index is 14.1. The van der Waals surface area contributed by atoms with Gasteiger partial charge < -0.3 is 15.0 Å². The number of carbonyl (C=O) groups is 3. The Labute approximate surface area is 229 Å². The number of rotatable bonds is 7. The average Bonchev–Trinajstić information content (AvgIpc) is 3.44. The number of ether oxygens (including phenoxy) is 1. The second-order valence-electron chi connectivity index (χ2n) is 10.9. The Morgan fingerprint density at radius 3 is 2.49 bits per heavy atom. The number of pyridine rings is 1. The smallest absolute Gasteiger partial charge is 0.251 e. The molecule has 2 aliphatic heterocycles. The Hall–Kier alpha value is -3.97. The largest absolute Gasteiger partial charge is 0.378 e. The van der Waals surface area contributed by atoms with Crippen LogP contribution >= 0.6 is 0 Å². The zero-order valence-corrected chi connectivity index (χ0v) is 22.8. The quantitative estimate of drug-likeness (QED) is 0.544. The Morgan fingerprint density at radius 1 is 1.15 bits per heavy atom. The van der Waals surface area contributed by atoms with Crippen LogP contribution in [0.4, 0.5) is 5.69 Å². The molecule has 10 heteroatoms. The molecular formula is C29H36N6O4. The van der Waals surface area contributed by atoms with Crippen molar-refractivity contribution in [1.29, 1.82) is 5.26 Å². The van der Waals surface area contributed by atoms with E-state index in [9.17, 15) is 19.6 Å². The molecule has 2 saturated heterocycles. The van der Waals surface area contributed by atoms with Crippen molar-refractivity contribution in [3.05, 3.63) is 59.9 Å². The molecule has 1 aromatic heterocycles. The van der Waals surface area contributed by atoms with E-state index in [1.54, 1.807) is 29.4 Å². The predicted octanol–water partition coefficient (Wildman–Crippen LogP) is 2.37. The van der Waals surface area contributed by atoms with E-state index in [0.29, 0.717) is 56.9 Å². The molecule has 1 aromatic carbocycles. The molecule has 3 heterocycles. The molecule has 39 heavy (non-hydrogen) atoms. The number of benzene rings is 1. The second kappa shape index (κ2) is 12.3. The average molecular weight is 533 g/mol. The number of likely N-dealkylation sites (tertiary alicyclic amines) is 1. The van der Waals surface area contributed by atoms with Crippen LogP contribution in [0.3, 0.4) is 0 Å². The minimum Gasteiger partial charge on any atom is -0.378 e. The molecule has 1 N–H and O–H groups in total. The van der Waals surface area contributed by atoms with Crippen LogP contribution in [0.5, 0.6) is 0 Å². The van der Waals surface area contributed by atoms with Crippen molar-refractivity contribution in [3.8, 4) is 6.19 Å². The van der Waals surface area contributed by atoms with Crippen molar-refractivity contribution in [3.63, 3.8) is 0 Å². The van der Waals surface area contributed by atoms with E-state index in [1.807, 2.05) is 24.3 Å². The highest BCUT2D eigenvalue weighted by Gasteiger charge is 2.40. The van der Waals surface area contributed by atoms with Crippen LogP contribution in [-0.4, -0.2) is 77.9 Å². The summed E-state index contributed by atoms with van der Waals surface area (Å²) in [5.74, 6) is -1.06. The molecule has 0 spiro atoms. The number of amides is 3. The fraction of sp³-hybridized carbons (Fsp3) is 0.483. The fourth-order valence-electron chi connectivity index (χ4n) is 4.97. The molecule has 2 atom stereocenters. The van der Waals surface area contributed by atoms with Crippen LogP contribution in [0, 0.1) is 11.5 Å². The van der Waals surface area contributed by atoms with Crippen LogP contribution in [0.1, 0.15) is 50.8 Å². The maximum absolute atomic E-state index is 14.1. The first kappa shape index (κ1) is 28.0. The molecule has 0 saturated carbocycles. The van der Waals surface area contributed by atoms with E-state index in [-0.39, 0.29) is 23.8 Å². The number of nitrogens with zero attached hydrogens (tertiary/aromatic N) is 5. The molecule has 2 fully saturated rings. The third-order valence-corrected chi connectivity index (χ3v) is 7.20. The number of morpholine rings is 1. The molecule has 10 nitrogen and oxygen atoms in total. The van der Waals surface area contributed by atoms with Crippen molar-refractivity contribution in [1.82, 2.24) is 20.1 Å². The van der Waals surface area contributed by atoms with Gasteiger partial charge in [0.2, 0.25) is 11.8 Å². The van der Waals surface area contributed by atoms with Crippen molar-refractivity contribution < 1.29 is 19.1 Å². The summed E-state index contributed by atoms with van der Waals surface area (Å²) < 4.78 is 5.32.